The summed E-state index contributed by atoms with van der Waals surface area (Å²) in [6, 6.07) is 5.35. The number of amides is 1. The third kappa shape index (κ3) is 2.42. The van der Waals surface area contributed by atoms with Crippen molar-refractivity contribution in [2.75, 3.05) is 7.11 Å². The summed E-state index contributed by atoms with van der Waals surface area (Å²) in [7, 11) is 1.53. The molecule has 1 aliphatic rings. The van der Waals surface area contributed by atoms with Gasteiger partial charge >= 0.3 is 0 Å². The fraction of sp³-hybridized carbons (Fsp3) is 0.364. The Morgan fingerprint density at radius 2 is 2.27 bits per heavy atom. The molecule has 2 rings (SSSR count). The van der Waals surface area contributed by atoms with Crippen molar-refractivity contribution in [1.82, 2.24) is 5.32 Å². The van der Waals surface area contributed by atoms with Gasteiger partial charge in [0.1, 0.15) is 5.75 Å². The van der Waals surface area contributed by atoms with Crippen LogP contribution < -0.4 is 10.1 Å². The van der Waals surface area contributed by atoms with E-state index in [0.29, 0.717) is 22.4 Å². The molecular formula is C11H12ClNO2. The first-order valence-corrected chi connectivity index (χ1v) is 5.23. The molecule has 1 saturated carbocycles. The molecule has 0 aromatic heterocycles. The Morgan fingerprint density at radius 1 is 1.53 bits per heavy atom. The molecule has 1 amide bonds. The highest BCUT2D eigenvalue weighted by Gasteiger charge is 2.25. The SMILES string of the molecule is COc1cc(Cl)ccc1C(=O)NC1CC1. The van der Waals surface area contributed by atoms with E-state index in [0.717, 1.165) is 12.8 Å². The Hall–Kier alpha value is -1.22. The minimum atomic E-state index is -0.0917. The maximum atomic E-state index is 11.8. The van der Waals surface area contributed by atoms with E-state index in [1.165, 1.54) is 7.11 Å². The van der Waals surface area contributed by atoms with Crippen molar-refractivity contribution < 1.29 is 9.53 Å². The highest BCUT2D eigenvalue weighted by atomic mass is 35.5. The number of hydrogen-bond donors (Lipinski definition) is 1. The molecule has 3 nitrogen and oxygen atoms in total. The summed E-state index contributed by atoms with van der Waals surface area (Å²) in [6.07, 6.45) is 2.14. The molecule has 0 aliphatic heterocycles. The molecule has 0 heterocycles. The third-order valence-electron chi connectivity index (χ3n) is 2.32. The van der Waals surface area contributed by atoms with Crippen LogP contribution in [0.4, 0.5) is 0 Å². The third-order valence-corrected chi connectivity index (χ3v) is 2.56. The standard InChI is InChI=1S/C11H12ClNO2/c1-15-10-6-7(12)2-5-9(10)11(14)13-8-3-4-8/h2,5-6,8H,3-4H2,1H3,(H,13,14). The maximum Gasteiger partial charge on any atom is 0.255 e. The van der Waals surface area contributed by atoms with Gasteiger partial charge in [0.05, 0.1) is 12.7 Å². The average molecular weight is 226 g/mol. The minimum absolute atomic E-state index is 0.0917. The fourth-order valence-corrected chi connectivity index (χ4v) is 1.51. The van der Waals surface area contributed by atoms with Crippen LogP contribution in [0.2, 0.25) is 5.02 Å². The van der Waals surface area contributed by atoms with Crippen LogP contribution in [-0.2, 0) is 0 Å². The Labute approximate surface area is 93.4 Å². The number of nitrogens with one attached hydrogen (secondary N) is 1. The van der Waals surface area contributed by atoms with E-state index in [2.05, 4.69) is 5.32 Å². The van der Waals surface area contributed by atoms with Crippen LogP contribution in [0.25, 0.3) is 0 Å². The van der Waals surface area contributed by atoms with Gasteiger partial charge in [-0.1, -0.05) is 11.6 Å². The van der Waals surface area contributed by atoms with Crippen LogP contribution >= 0.6 is 11.6 Å². The van der Waals surface area contributed by atoms with E-state index in [1.807, 2.05) is 0 Å². The summed E-state index contributed by atoms with van der Waals surface area (Å²) in [5, 5.41) is 3.47. The van der Waals surface area contributed by atoms with Crippen LogP contribution in [0.5, 0.6) is 5.75 Å². The molecule has 1 aromatic carbocycles. The zero-order chi connectivity index (χ0) is 10.8. The fourth-order valence-electron chi connectivity index (χ4n) is 1.34. The molecule has 1 fully saturated rings. The summed E-state index contributed by atoms with van der Waals surface area (Å²) in [5.41, 5.74) is 0.536. The second kappa shape index (κ2) is 4.11. The lowest BCUT2D eigenvalue weighted by Crippen LogP contribution is -2.25. The van der Waals surface area contributed by atoms with Crippen LogP contribution in [0.3, 0.4) is 0 Å². The molecule has 0 unspecified atom stereocenters. The van der Waals surface area contributed by atoms with Gasteiger partial charge < -0.3 is 10.1 Å². The van der Waals surface area contributed by atoms with Crippen LogP contribution in [-0.4, -0.2) is 19.1 Å². The Morgan fingerprint density at radius 3 is 2.87 bits per heavy atom. The van der Waals surface area contributed by atoms with Crippen molar-refractivity contribution in [2.45, 2.75) is 18.9 Å². The summed E-state index contributed by atoms with van der Waals surface area (Å²) in [4.78, 5) is 11.8. The lowest BCUT2D eigenvalue weighted by Gasteiger charge is -2.08. The second-order valence-electron chi connectivity index (χ2n) is 3.59. The number of rotatable bonds is 3. The first-order valence-electron chi connectivity index (χ1n) is 4.85. The number of ether oxygens (including phenoxy) is 1. The lowest BCUT2D eigenvalue weighted by atomic mass is 10.2. The first kappa shape index (κ1) is 10.3. The van der Waals surface area contributed by atoms with Gasteiger partial charge in [0.25, 0.3) is 5.91 Å². The molecule has 0 bridgehead atoms. The molecule has 1 aliphatic carbocycles. The van der Waals surface area contributed by atoms with E-state index >= 15 is 0 Å². The molecule has 1 aromatic rings. The molecule has 0 radical (unpaired) electrons. The Bertz CT molecular complexity index is 388. The zero-order valence-corrected chi connectivity index (χ0v) is 9.17. The van der Waals surface area contributed by atoms with Crippen molar-refractivity contribution in [3.8, 4) is 5.75 Å². The van der Waals surface area contributed by atoms with Crippen molar-refractivity contribution in [3.05, 3.63) is 28.8 Å². The van der Waals surface area contributed by atoms with Gasteiger partial charge in [-0.15, -0.1) is 0 Å². The van der Waals surface area contributed by atoms with Crippen molar-refractivity contribution in [2.24, 2.45) is 0 Å². The van der Waals surface area contributed by atoms with Crippen molar-refractivity contribution in [3.63, 3.8) is 0 Å². The zero-order valence-electron chi connectivity index (χ0n) is 8.42. The number of benzene rings is 1. The van der Waals surface area contributed by atoms with Gasteiger partial charge in [-0.3, -0.25) is 4.79 Å². The molecule has 1 N–H and O–H groups in total. The summed E-state index contributed by atoms with van der Waals surface area (Å²) < 4.78 is 5.10. The first-order chi connectivity index (χ1) is 7.20. The number of carbonyl (C=O) groups excluding carboxylic acids is 1. The molecule has 4 heteroatoms. The number of carbonyl (C=O) groups is 1. The summed E-state index contributed by atoms with van der Waals surface area (Å²) >= 11 is 5.81. The van der Waals surface area contributed by atoms with Crippen LogP contribution in [0.15, 0.2) is 18.2 Å². The van der Waals surface area contributed by atoms with E-state index in [9.17, 15) is 4.79 Å². The molecule has 0 atom stereocenters. The highest BCUT2D eigenvalue weighted by Crippen LogP contribution is 2.25. The van der Waals surface area contributed by atoms with Gasteiger partial charge in [-0.05, 0) is 31.0 Å². The van der Waals surface area contributed by atoms with Crippen molar-refractivity contribution >= 4 is 17.5 Å². The monoisotopic (exact) mass is 225 g/mol. The molecule has 0 saturated heterocycles. The number of hydrogen-bond acceptors (Lipinski definition) is 2. The Balaban J connectivity index is 2.21. The van der Waals surface area contributed by atoms with Gasteiger partial charge in [0.2, 0.25) is 0 Å². The summed E-state index contributed by atoms with van der Waals surface area (Å²) in [6.45, 7) is 0. The van der Waals surface area contributed by atoms with E-state index in [4.69, 9.17) is 16.3 Å². The second-order valence-corrected chi connectivity index (χ2v) is 4.03. The van der Waals surface area contributed by atoms with E-state index in [1.54, 1.807) is 18.2 Å². The molecule has 15 heavy (non-hydrogen) atoms. The predicted molar refractivity (Wildman–Crippen MR) is 58.5 cm³/mol. The topological polar surface area (TPSA) is 38.3 Å². The lowest BCUT2D eigenvalue weighted by molar-refractivity contribution is 0.0948. The smallest absolute Gasteiger partial charge is 0.255 e. The maximum absolute atomic E-state index is 11.8. The normalized spacial score (nSPS) is 14.8. The van der Waals surface area contributed by atoms with Gasteiger partial charge in [0, 0.05) is 11.1 Å². The minimum Gasteiger partial charge on any atom is -0.496 e. The predicted octanol–water partition coefficient (Wildman–Crippen LogP) is 2.24. The van der Waals surface area contributed by atoms with Crippen LogP contribution in [0.1, 0.15) is 23.2 Å². The van der Waals surface area contributed by atoms with E-state index in [-0.39, 0.29) is 5.91 Å². The molecular weight excluding hydrogens is 214 g/mol. The largest absolute Gasteiger partial charge is 0.496 e. The van der Waals surface area contributed by atoms with Gasteiger partial charge in [-0.2, -0.15) is 0 Å². The van der Waals surface area contributed by atoms with E-state index < -0.39 is 0 Å². The molecule has 80 valence electrons. The van der Waals surface area contributed by atoms with Gasteiger partial charge in [0.15, 0.2) is 0 Å². The highest BCUT2D eigenvalue weighted by molar-refractivity contribution is 6.30. The van der Waals surface area contributed by atoms with Crippen LogP contribution in [0, 0.1) is 0 Å². The summed E-state index contributed by atoms with van der Waals surface area (Å²) in [5.74, 6) is 0.423. The molecule has 0 spiro atoms. The van der Waals surface area contributed by atoms with Crippen molar-refractivity contribution in [1.29, 1.82) is 0 Å². The quantitative estimate of drug-likeness (QED) is 0.857. The average Bonchev–Trinajstić information content (AvgIpc) is 3.01. The Kier molecular flexibility index (Phi) is 2.82. The number of halogens is 1. The number of methoxy groups -OCH3 is 1. The van der Waals surface area contributed by atoms with Gasteiger partial charge in [-0.25, -0.2) is 0 Å².